The zero-order valence-electron chi connectivity index (χ0n) is 23.4. The van der Waals surface area contributed by atoms with Crippen LogP contribution in [0.25, 0.3) is 0 Å². The van der Waals surface area contributed by atoms with Gasteiger partial charge in [-0.1, -0.05) is 42.0 Å². The zero-order chi connectivity index (χ0) is 28.4. The number of amides is 2. The normalized spacial score (nSPS) is 22.4. The van der Waals surface area contributed by atoms with Crippen molar-refractivity contribution in [1.29, 1.82) is 0 Å². The summed E-state index contributed by atoms with van der Waals surface area (Å²) in [4.78, 5) is 44.0. The molecule has 7 nitrogen and oxygen atoms in total. The van der Waals surface area contributed by atoms with Gasteiger partial charge in [-0.05, 0) is 56.9 Å². The number of benzene rings is 2. The van der Waals surface area contributed by atoms with Crippen LogP contribution in [0.2, 0.25) is 0 Å². The minimum Gasteiger partial charge on any atom is -0.376 e. The number of nitrogens with zero attached hydrogens (tertiary/aromatic N) is 2. The van der Waals surface area contributed by atoms with Crippen molar-refractivity contribution in [3.8, 4) is 0 Å². The van der Waals surface area contributed by atoms with E-state index in [4.69, 9.17) is 10.5 Å². The standard InChI is InChI=1S/C31H40FN3O4/c1-21-6-10-23(11-7-21)26-17-34(4)29(38)31(26)14-5-15-35(20-31)28(37)24(16-27(36)30(2,3)33)19-39-18-22-8-12-25(32)13-9-22/h6-13,24,26H,5,14-20,33H2,1-4H3/t24-,26?,31?/m1/s1. The Morgan fingerprint density at radius 3 is 2.46 bits per heavy atom. The summed E-state index contributed by atoms with van der Waals surface area (Å²) >= 11 is 0. The zero-order valence-corrected chi connectivity index (χ0v) is 23.4. The number of hydrogen-bond acceptors (Lipinski definition) is 5. The fraction of sp³-hybridized carbons (Fsp3) is 0.516. The van der Waals surface area contributed by atoms with Crippen LogP contribution in [0.15, 0.2) is 48.5 Å². The van der Waals surface area contributed by atoms with Crippen LogP contribution >= 0.6 is 0 Å². The number of halogens is 1. The molecule has 8 heteroatoms. The van der Waals surface area contributed by atoms with Gasteiger partial charge in [0.05, 0.1) is 30.1 Å². The van der Waals surface area contributed by atoms with Gasteiger partial charge in [-0.15, -0.1) is 0 Å². The Balaban J connectivity index is 1.54. The number of ketones is 1. The lowest BCUT2D eigenvalue weighted by atomic mass is 9.68. The molecule has 0 bridgehead atoms. The topological polar surface area (TPSA) is 92.9 Å². The average molecular weight is 538 g/mol. The Morgan fingerprint density at radius 2 is 1.82 bits per heavy atom. The molecule has 0 saturated carbocycles. The summed E-state index contributed by atoms with van der Waals surface area (Å²) in [6.07, 6.45) is 1.36. The van der Waals surface area contributed by atoms with E-state index in [2.05, 4.69) is 24.3 Å². The number of Topliss-reactive ketones (excluding diaryl/α,β-unsaturated/α-hetero) is 1. The molecule has 2 aromatic carbocycles. The molecule has 3 atom stereocenters. The fourth-order valence-corrected chi connectivity index (χ4v) is 5.88. The van der Waals surface area contributed by atoms with Gasteiger partial charge >= 0.3 is 0 Å². The second-order valence-electron chi connectivity index (χ2n) is 11.9. The van der Waals surface area contributed by atoms with E-state index >= 15 is 0 Å². The van der Waals surface area contributed by atoms with Gasteiger partial charge in [0.25, 0.3) is 0 Å². The monoisotopic (exact) mass is 537 g/mol. The van der Waals surface area contributed by atoms with Crippen LogP contribution in [0, 0.1) is 24.1 Å². The van der Waals surface area contributed by atoms with Crippen LogP contribution in [0.1, 0.15) is 55.7 Å². The number of ether oxygens (including phenoxy) is 1. The molecule has 1 spiro atoms. The molecule has 0 radical (unpaired) electrons. The first kappa shape index (κ1) is 28.9. The molecule has 2 aliphatic heterocycles. The largest absolute Gasteiger partial charge is 0.376 e. The first-order valence-corrected chi connectivity index (χ1v) is 13.7. The third-order valence-electron chi connectivity index (χ3n) is 8.21. The summed E-state index contributed by atoms with van der Waals surface area (Å²) in [5.74, 6) is -1.46. The van der Waals surface area contributed by atoms with E-state index in [1.54, 1.807) is 35.8 Å². The van der Waals surface area contributed by atoms with Gasteiger partial charge in [0, 0.05) is 39.0 Å². The number of likely N-dealkylation sites (tertiary alicyclic amines) is 2. The van der Waals surface area contributed by atoms with Gasteiger partial charge in [0.15, 0.2) is 5.78 Å². The fourth-order valence-electron chi connectivity index (χ4n) is 5.88. The SMILES string of the molecule is Cc1ccc(C2CN(C)C(=O)C23CCCN(C(=O)[C@@H](COCc2ccc(F)cc2)CC(=O)C(C)(C)N)C3)cc1. The van der Waals surface area contributed by atoms with Gasteiger partial charge in [-0.3, -0.25) is 14.4 Å². The quantitative estimate of drug-likeness (QED) is 0.525. The van der Waals surface area contributed by atoms with Crippen molar-refractivity contribution in [3.05, 3.63) is 71.0 Å². The summed E-state index contributed by atoms with van der Waals surface area (Å²) in [6.45, 7) is 6.94. The van der Waals surface area contributed by atoms with E-state index < -0.39 is 16.9 Å². The van der Waals surface area contributed by atoms with Crippen LogP contribution in [-0.2, 0) is 25.7 Å². The summed E-state index contributed by atoms with van der Waals surface area (Å²) in [7, 11) is 1.83. The molecule has 2 N–H and O–H groups in total. The lowest BCUT2D eigenvalue weighted by Gasteiger charge is -2.43. The van der Waals surface area contributed by atoms with Crippen molar-refractivity contribution in [2.75, 3.05) is 33.3 Å². The van der Waals surface area contributed by atoms with Gasteiger partial charge in [-0.25, -0.2) is 4.39 Å². The van der Waals surface area contributed by atoms with Crippen LogP contribution < -0.4 is 5.73 Å². The molecule has 0 aliphatic carbocycles. The summed E-state index contributed by atoms with van der Waals surface area (Å²) in [5.41, 5.74) is 7.30. The number of piperidine rings is 1. The lowest BCUT2D eigenvalue weighted by Crippen LogP contribution is -2.53. The molecule has 210 valence electrons. The van der Waals surface area contributed by atoms with Crippen LogP contribution in [0.5, 0.6) is 0 Å². The highest BCUT2D eigenvalue weighted by molar-refractivity contribution is 5.92. The van der Waals surface area contributed by atoms with Crippen LogP contribution in [-0.4, -0.2) is 66.2 Å². The second-order valence-corrected chi connectivity index (χ2v) is 11.9. The lowest BCUT2D eigenvalue weighted by molar-refractivity contribution is -0.148. The van der Waals surface area contributed by atoms with Gasteiger partial charge in [0.1, 0.15) is 5.82 Å². The number of likely N-dealkylation sites (N-methyl/N-ethyl adjacent to an activating group) is 1. The molecule has 2 fully saturated rings. The van der Waals surface area contributed by atoms with E-state index in [0.29, 0.717) is 32.5 Å². The first-order valence-electron chi connectivity index (χ1n) is 13.7. The van der Waals surface area contributed by atoms with Crippen molar-refractivity contribution >= 4 is 17.6 Å². The molecular weight excluding hydrogens is 497 g/mol. The molecule has 0 aromatic heterocycles. The van der Waals surface area contributed by atoms with E-state index in [1.807, 2.05) is 14.0 Å². The van der Waals surface area contributed by atoms with Gasteiger partial charge in [-0.2, -0.15) is 0 Å². The number of carbonyl (C=O) groups excluding carboxylic acids is 3. The third-order valence-corrected chi connectivity index (χ3v) is 8.21. The predicted molar refractivity (Wildman–Crippen MR) is 147 cm³/mol. The van der Waals surface area contributed by atoms with Crippen molar-refractivity contribution in [1.82, 2.24) is 9.80 Å². The predicted octanol–water partition coefficient (Wildman–Crippen LogP) is 3.83. The molecule has 39 heavy (non-hydrogen) atoms. The molecule has 4 rings (SSSR count). The number of rotatable bonds is 9. The number of carbonyl (C=O) groups is 3. The average Bonchev–Trinajstić information content (AvgIpc) is 3.13. The minimum absolute atomic E-state index is 0.0241. The van der Waals surface area contributed by atoms with Crippen LogP contribution in [0.3, 0.4) is 0 Å². The smallest absolute Gasteiger partial charge is 0.231 e. The maximum Gasteiger partial charge on any atom is 0.231 e. The van der Waals surface area contributed by atoms with E-state index in [9.17, 15) is 18.8 Å². The van der Waals surface area contributed by atoms with Crippen molar-refractivity contribution < 1.29 is 23.5 Å². The molecule has 2 heterocycles. The maximum atomic E-state index is 13.9. The summed E-state index contributed by atoms with van der Waals surface area (Å²) in [6, 6.07) is 14.3. The van der Waals surface area contributed by atoms with E-state index in [1.165, 1.54) is 12.1 Å². The number of nitrogens with two attached hydrogens (primary N) is 1. The Morgan fingerprint density at radius 1 is 1.15 bits per heavy atom. The van der Waals surface area contributed by atoms with Crippen molar-refractivity contribution in [2.45, 2.75) is 58.1 Å². The highest BCUT2D eigenvalue weighted by atomic mass is 19.1. The van der Waals surface area contributed by atoms with E-state index in [0.717, 1.165) is 16.7 Å². The van der Waals surface area contributed by atoms with Crippen molar-refractivity contribution in [3.63, 3.8) is 0 Å². The highest BCUT2D eigenvalue weighted by Crippen LogP contribution is 2.49. The summed E-state index contributed by atoms with van der Waals surface area (Å²) < 4.78 is 19.1. The summed E-state index contributed by atoms with van der Waals surface area (Å²) in [5, 5.41) is 0. The van der Waals surface area contributed by atoms with Crippen LogP contribution in [0.4, 0.5) is 4.39 Å². The molecule has 2 aliphatic rings. The van der Waals surface area contributed by atoms with Gasteiger partial charge < -0.3 is 20.3 Å². The number of hydrogen-bond donors (Lipinski definition) is 1. The maximum absolute atomic E-state index is 13.9. The van der Waals surface area contributed by atoms with E-state index in [-0.39, 0.29) is 49.0 Å². The Labute approximate surface area is 230 Å². The highest BCUT2D eigenvalue weighted by Gasteiger charge is 2.55. The first-order chi connectivity index (χ1) is 18.4. The molecular formula is C31H40FN3O4. The Bertz CT molecular complexity index is 1190. The molecule has 2 saturated heterocycles. The van der Waals surface area contributed by atoms with Gasteiger partial charge in [0.2, 0.25) is 11.8 Å². The minimum atomic E-state index is -1.08. The molecule has 2 aromatic rings. The molecule has 2 unspecified atom stereocenters. The molecule has 2 amide bonds. The van der Waals surface area contributed by atoms with Crippen molar-refractivity contribution in [2.24, 2.45) is 17.1 Å². The Hall–Kier alpha value is -3.10. The number of aryl methyl sites for hydroxylation is 1. The third kappa shape index (κ3) is 6.39. The second kappa shape index (κ2) is 11.6. The Kier molecular flexibility index (Phi) is 8.57.